The van der Waals surface area contributed by atoms with Gasteiger partial charge in [0.05, 0.1) is 6.61 Å². The number of benzene rings is 1. The summed E-state index contributed by atoms with van der Waals surface area (Å²) >= 11 is 0. The molecular weight excluding hydrogens is 224 g/mol. The monoisotopic (exact) mass is 248 g/mol. The maximum atomic E-state index is 5.94. The van der Waals surface area contributed by atoms with Gasteiger partial charge in [0, 0.05) is 32.3 Å². The third-order valence-corrected chi connectivity index (χ3v) is 3.65. The van der Waals surface area contributed by atoms with Crippen molar-refractivity contribution in [2.45, 2.75) is 25.3 Å². The van der Waals surface area contributed by atoms with E-state index in [1.165, 1.54) is 5.56 Å². The highest BCUT2D eigenvalue weighted by atomic mass is 16.5. The van der Waals surface area contributed by atoms with Crippen molar-refractivity contribution in [2.75, 3.05) is 32.8 Å². The van der Waals surface area contributed by atoms with Crippen LogP contribution in [0, 0.1) is 0 Å². The van der Waals surface area contributed by atoms with E-state index in [9.17, 15) is 0 Å². The Balaban J connectivity index is 1.84. The summed E-state index contributed by atoms with van der Waals surface area (Å²) in [5.41, 5.74) is 7.34. The summed E-state index contributed by atoms with van der Waals surface area (Å²) in [5, 5.41) is 0. The van der Waals surface area contributed by atoms with Gasteiger partial charge in [-0.05, 0) is 24.8 Å². The second kappa shape index (κ2) is 7.52. The van der Waals surface area contributed by atoms with E-state index in [1.54, 1.807) is 0 Å². The van der Waals surface area contributed by atoms with Gasteiger partial charge in [-0.1, -0.05) is 30.3 Å². The largest absolute Gasteiger partial charge is 0.380 e. The van der Waals surface area contributed by atoms with Crippen LogP contribution in [0.2, 0.25) is 0 Å². The van der Waals surface area contributed by atoms with Crippen LogP contribution >= 0.6 is 0 Å². The van der Waals surface area contributed by atoms with E-state index in [4.69, 9.17) is 10.5 Å². The Morgan fingerprint density at radius 1 is 1.17 bits per heavy atom. The third kappa shape index (κ3) is 4.09. The third-order valence-electron chi connectivity index (χ3n) is 3.65. The smallest absolute Gasteiger partial charge is 0.0593 e. The highest BCUT2D eigenvalue weighted by Crippen LogP contribution is 2.11. The Morgan fingerprint density at radius 2 is 2.00 bits per heavy atom. The van der Waals surface area contributed by atoms with E-state index in [2.05, 4.69) is 35.2 Å². The molecule has 0 aliphatic carbocycles. The molecule has 0 saturated carbocycles. The summed E-state index contributed by atoms with van der Waals surface area (Å²) in [4.78, 5) is 2.50. The van der Waals surface area contributed by atoms with Crippen LogP contribution in [0.4, 0.5) is 0 Å². The normalized spacial score (nSPS) is 19.4. The highest BCUT2D eigenvalue weighted by molar-refractivity contribution is 5.14. The first-order valence-electron chi connectivity index (χ1n) is 6.96. The molecule has 0 amide bonds. The van der Waals surface area contributed by atoms with Crippen molar-refractivity contribution in [1.29, 1.82) is 0 Å². The van der Waals surface area contributed by atoms with Crippen molar-refractivity contribution < 1.29 is 4.74 Å². The maximum Gasteiger partial charge on any atom is 0.0593 e. The molecule has 1 aliphatic heterocycles. The molecule has 2 rings (SSSR count). The average Bonchev–Trinajstić information content (AvgIpc) is 2.70. The average molecular weight is 248 g/mol. The van der Waals surface area contributed by atoms with Crippen LogP contribution in [-0.2, 0) is 11.2 Å². The molecule has 2 N–H and O–H groups in total. The fourth-order valence-corrected chi connectivity index (χ4v) is 2.56. The van der Waals surface area contributed by atoms with Crippen molar-refractivity contribution in [3.05, 3.63) is 35.9 Å². The van der Waals surface area contributed by atoms with Gasteiger partial charge in [0.2, 0.25) is 0 Å². The number of hydrogen-bond acceptors (Lipinski definition) is 3. The van der Waals surface area contributed by atoms with Crippen LogP contribution in [-0.4, -0.2) is 43.8 Å². The zero-order chi connectivity index (χ0) is 12.6. The van der Waals surface area contributed by atoms with Crippen LogP contribution in [0.25, 0.3) is 0 Å². The molecule has 1 aromatic carbocycles. The first-order valence-corrected chi connectivity index (χ1v) is 6.96. The number of hydrogen-bond donors (Lipinski definition) is 1. The first kappa shape index (κ1) is 13.5. The topological polar surface area (TPSA) is 38.5 Å². The van der Waals surface area contributed by atoms with E-state index in [0.717, 1.165) is 52.1 Å². The highest BCUT2D eigenvalue weighted by Gasteiger charge is 2.18. The molecule has 0 aromatic heterocycles. The fraction of sp³-hybridized carbons (Fsp3) is 0.600. The Labute approximate surface area is 110 Å². The minimum Gasteiger partial charge on any atom is -0.380 e. The molecule has 1 fully saturated rings. The lowest BCUT2D eigenvalue weighted by Gasteiger charge is -2.29. The van der Waals surface area contributed by atoms with E-state index in [0.29, 0.717) is 6.04 Å². The molecule has 1 atom stereocenters. The van der Waals surface area contributed by atoms with Gasteiger partial charge in [0.15, 0.2) is 0 Å². The number of nitrogens with zero attached hydrogens (tertiary/aromatic N) is 1. The molecule has 1 saturated heterocycles. The van der Waals surface area contributed by atoms with Gasteiger partial charge in [-0.2, -0.15) is 0 Å². The quantitative estimate of drug-likeness (QED) is 0.861. The predicted octanol–water partition coefficient (Wildman–Crippen LogP) is 1.67. The summed E-state index contributed by atoms with van der Waals surface area (Å²) < 4.78 is 5.50. The molecule has 18 heavy (non-hydrogen) atoms. The van der Waals surface area contributed by atoms with Crippen LogP contribution in [0.5, 0.6) is 0 Å². The van der Waals surface area contributed by atoms with Gasteiger partial charge in [-0.25, -0.2) is 0 Å². The van der Waals surface area contributed by atoms with Gasteiger partial charge in [0.1, 0.15) is 0 Å². The molecule has 3 heteroatoms. The number of aryl methyl sites for hydroxylation is 1. The van der Waals surface area contributed by atoms with Crippen LogP contribution in [0.3, 0.4) is 0 Å². The van der Waals surface area contributed by atoms with Crippen LogP contribution in [0.1, 0.15) is 18.4 Å². The first-order chi connectivity index (χ1) is 8.90. The lowest BCUT2D eigenvalue weighted by Crippen LogP contribution is -2.42. The van der Waals surface area contributed by atoms with Crippen molar-refractivity contribution >= 4 is 0 Å². The Hall–Kier alpha value is -0.900. The Morgan fingerprint density at radius 3 is 2.78 bits per heavy atom. The second-order valence-corrected chi connectivity index (χ2v) is 4.92. The Bertz CT molecular complexity index is 321. The maximum absolute atomic E-state index is 5.94. The minimum atomic E-state index is 0.493. The molecular formula is C15H24N2O. The molecule has 100 valence electrons. The minimum absolute atomic E-state index is 0.493. The summed E-state index contributed by atoms with van der Waals surface area (Å²) in [7, 11) is 0. The van der Waals surface area contributed by atoms with Gasteiger partial charge < -0.3 is 10.5 Å². The van der Waals surface area contributed by atoms with Gasteiger partial charge in [0.25, 0.3) is 0 Å². The molecule has 0 radical (unpaired) electrons. The molecule has 1 aromatic rings. The summed E-state index contributed by atoms with van der Waals surface area (Å²) in [5.74, 6) is 0. The van der Waals surface area contributed by atoms with Crippen molar-refractivity contribution in [3.8, 4) is 0 Å². The lowest BCUT2D eigenvalue weighted by molar-refractivity contribution is 0.130. The van der Waals surface area contributed by atoms with E-state index < -0.39 is 0 Å². The lowest BCUT2D eigenvalue weighted by atomic mass is 10.0. The van der Waals surface area contributed by atoms with Gasteiger partial charge in [-0.3, -0.25) is 4.90 Å². The number of nitrogens with two attached hydrogens (primary N) is 1. The molecule has 0 bridgehead atoms. The van der Waals surface area contributed by atoms with E-state index >= 15 is 0 Å². The van der Waals surface area contributed by atoms with E-state index in [-0.39, 0.29) is 0 Å². The molecule has 3 nitrogen and oxygen atoms in total. The van der Waals surface area contributed by atoms with Gasteiger partial charge in [-0.15, -0.1) is 0 Å². The van der Waals surface area contributed by atoms with Crippen LogP contribution < -0.4 is 5.73 Å². The summed E-state index contributed by atoms with van der Waals surface area (Å²) in [6, 6.07) is 11.2. The molecule has 0 spiro atoms. The van der Waals surface area contributed by atoms with Crippen molar-refractivity contribution in [1.82, 2.24) is 4.90 Å². The Kier molecular flexibility index (Phi) is 5.65. The zero-order valence-electron chi connectivity index (χ0n) is 11.1. The number of rotatable bonds is 5. The number of ether oxygens (including phenoxy) is 1. The SMILES string of the molecule is NCC(CCc1ccccc1)N1CCCOCC1. The van der Waals surface area contributed by atoms with Crippen LogP contribution in [0.15, 0.2) is 30.3 Å². The predicted molar refractivity (Wildman–Crippen MR) is 74.6 cm³/mol. The molecule has 1 unspecified atom stereocenters. The standard InChI is InChI=1S/C15H24N2O/c16-13-15(17-9-4-11-18-12-10-17)8-7-14-5-2-1-3-6-14/h1-3,5-6,15H,4,7-13,16H2. The summed E-state index contributed by atoms with van der Waals surface area (Å²) in [6.45, 7) is 4.63. The van der Waals surface area contributed by atoms with Crippen molar-refractivity contribution in [2.24, 2.45) is 5.73 Å². The molecule has 1 heterocycles. The van der Waals surface area contributed by atoms with Gasteiger partial charge >= 0.3 is 0 Å². The zero-order valence-corrected chi connectivity index (χ0v) is 11.1. The fourth-order valence-electron chi connectivity index (χ4n) is 2.56. The summed E-state index contributed by atoms with van der Waals surface area (Å²) in [6.07, 6.45) is 3.38. The molecule has 1 aliphatic rings. The second-order valence-electron chi connectivity index (χ2n) is 4.92. The van der Waals surface area contributed by atoms with Crippen molar-refractivity contribution in [3.63, 3.8) is 0 Å². The van der Waals surface area contributed by atoms with E-state index in [1.807, 2.05) is 0 Å².